The van der Waals surface area contributed by atoms with Crippen molar-refractivity contribution in [3.8, 4) is 0 Å². The van der Waals surface area contributed by atoms with Crippen molar-refractivity contribution in [2.45, 2.75) is 5.92 Å². The van der Waals surface area contributed by atoms with Gasteiger partial charge in [-0.1, -0.05) is 12.1 Å². The number of nitrogens with two attached hydrogens (primary N) is 1. The average Bonchev–Trinajstić information content (AvgIpc) is 2.41. The zero-order valence-electron chi connectivity index (χ0n) is 10.2. The summed E-state index contributed by atoms with van der Waals surface area (Å²) in [4.78, 5) is 13.2. The molecule has 2 rings (SSSR count). The summed E-state index contributed by atoms with van der Waals surface area (Å²) in [5.74, 6) is -1.50. The van der Waals surface area contributed by atoms with Crippen LogP contribution in [0.3, 0.4) is 0 Å². The van der Waals surface area contributed by atoms with Crippen LogP contribution in [0.25, 0.3) is 0 Å². The van der Waals surface area contributed by atoms with Crippen LogP contribution in [-0.2, 0) is 9.53 Å². The van der Waals surface area contributed by atoms with Gasteiger partial charge >= 0.3 is 5.97 Å². The molecule has 1 heterocycles. The smallest absolute Gasteiger partial charge is 0.312 e. The zero-order chi connectivity index (χ0) is 13.0. The molecule has 0 aliphatic carbocycles. The topological polar surface area (TPSA) is 75.8 Å². The minimum absolute atomic E-state index is 0.117. The van der Waals surface area contributed by atoms with Crippen molar-refractivity contribution in [2.75, 3.05) is 37.7 Å². The lowest BCUT2D eigenvalue weighted by atomic mass is 9.99. The summed E-state index contributed by atoms with van der Waals surface area (Å²) in [5, 5.41) is 9.04. The van der Waals surface area contributed by atoms with Crippen molar-refractivity contribution in [1.29, 1.82) is 0 Å². The molecular formula is C13H18N2O3. The SMILES string of the molecule is NCC(C(=O)O)c1ccc(N2CCOCC2)cc1. The normalized spacial score (nSPS) is 17.5. The predicted octanol–water partition coefficient (Wildman–Crippen LogP) is 0.650. The summed E-state index contributed by atoms with van der Waals surface area (Å²) in [6, 6.07) is 7.59. The quantitative estimate of drug-likeness (QED) is 0.820. The number of aliphatic carboxylic acids is 1. The molecule has 1 aromatic rings. The van der Waals surface area contributed by atoms with E-state index in [9.17, 15) is 4.79 Å². The van der Waals surface area contributed by atoms with Crippen LogP contribution in [0.5, 0.6) is 0 Å². The summed E-state index contributed by atoms with van der Waals surface area (Å²) in [6.07, 6.45) is 0. The number of carboxylic acids is 1. The van der Waals surface area contributed by atoms with E-state index in [1.807, 2.05) is 24.3 Å². The van der Waals surface area contributed by atoms with Crippen LogP contribution in [0.2, 0.25) is 0 Å². The lowest BCUT2D eigenvalue weighted by molar-refractivity contribution is -0.138. The van der Waals surface area contributed by atoms with E-state index in [2.05, 4.69) is 4.90 Å². The molecule has 98 valence electrons. The first-order chi connectivity index (χ1) is 8.72. The highest BCUT2D eigenvalue weighted by atomic mass is 16.5. The van der Waals surface area contributed by atoms with Gasteiger partial charge in [-0.05, 0) is 17.7 Å². The minimum atomic E-state index is -0.878. The van der Waals surface area contributed by atoms with Crippen molar-refractivity contribution in [3.05, 3.63) is 29.8 Å². The van der Waals surface area contributed by atoms with Crippen molar-refractivity contribution in [3.63, 3.8) is 0 Å². The standard InChI is InChI=1S/C13H18N2O3/c14-9-12(13(16)17)10-1-3-11(4-2-10)15-5-7-18-8-6-15/h1-4,12H,5-9,14H2,(H,16,17). The number of benzene rings is 1. The maximum atomic E-state index is 11.0. The van der Waals surface area contributed by atoms with E-state index in [0.717, 1.165) is 37.6 Å². The molecule has 0 amide bonds. The van der Waals surface area contributed by atoms with Gasteiger partial charge in [0.05, 0.1) is 19.1 Å². The first kappa shape index (κ1) is 12.9. The number of ether oxygens (including phenoxy) is 1. The molecule has 0 saturated carbocycles. The highest BCUT2D eigenvalue weighted by molar-refractivity contribution is 5.76. The fourth-order valence-electron chi connectivity index (χ4n) is 2.12. The molecule has 1 fully saturated rings. The molecule has 0 aromatic heterocycles. The van der Waals surface area contributed by atoms with Gasteiger partial charge < -0.3 is 20.5 Å². The van der Waals surface area contributed by atoms with Crippen LogP contribution < -0.4 is 10.6 Å². The second-order valence-corrected chi connectivity index (χ2v) is 4.32. The number of hydrogen-bond acceptors (Lipinski definition) is 4. The van der Waals surface area contributed by atoms with Gasteiger partial charge in [-0.25, -0.2) is 0 Å². The zero-order valence-corrected chi connectivity index (χ0v) is 10.2. The third-order valence-corrected chi connectivity index (χ3v) is 3.21. The number of carbonyl (C=O) groups is 1. The Kier molecular flexibility index (Phi) is 4.17. The molecule has 1 unspecified atom stereocenters. The van der Waals surface area contributed by atoms with Crippen LogP contribution in [0.1, 0.15) is 11.5 Å². The highest BCUT2D eigenvalue weighted by Crippen LogP contribution is 2.21. The monoisotopic (exact) mass is 250 g/mol. The lowest BCUT2D eigenvalue weighted by Gasteiger charge is -2.29. The Bertz CT molecular complexity index is 399. The van der Waals surface area contributed by atoms with Gasteiger partial charge in [-0.15, -0.1) is 0 Å². The third kappa shape index (κ3) is 2.80. The lowest BCUT2D eigenvalue weighted by Crippen LogP contribution is -2.36. The summed E-state index contributed by atoms with van der Waals surface area (Å²) >= 11 is 0. The van der Waals surface area contributed by atoms with Crippen molar-refractivity contribution in [1.82, 2.24) is 0 Å². The van der Waals surface area contributed by atoms with Gasteiger partial charge in [0.1, 0.15) is 0 Å². The number of carboxylic acid groups (broad SMARTS) is 1. The first-order valence-electron chi connectivity index (χ1n) is 6.08. The molecule has 3 N–H and O–H groups in total. The Hall–Kier alpha value is -1.59. The molecule has 1 aliphatic rings. The van der Waals surface area contributed by atoms with Crippen LogP contribution in [0.15, 0.2) is 24.3 Å². The number of morpholine rings is 1. The van der Waals surface area contributed by atoms with Gasteiger partial charge in [-0.2, -0.15) is 0 Å². The average molecular weight is 250 g/mol. The molecule has 1 aromatic carbocycles. The number of anilines is 1. The molecule has 0 radical (unpaired) electrons. The van der Waals surface area contributed by atoms with Crippen molar-refractivity contribution >= 4 is 11.7 Å². The first-order valence-corrected chi connectivity index (χ1v) is 6.08. The number of rotatable bonds is 4. The maximum Gasteiger partial charge on any atom is 0.312 e. The molecule has 1 atom stereocenters. The molecule has 0 bridgehead atoms. The third-order valence-electron chi connectivity index (χ3n) is 3.21. The van der Waals surface area contributed by atoms with E-state index in [-0.39, 0.29) is 6.54 Å². The van der Waals surface area contributed by atoms with Crippen LogP contribution in [-0.4, -0.2) is 43.9 Å². The largest absolute Gasteiger partial charge is 0.481 e. The molecular weight excluding hydrogens is 232 g/mol. The Labute approximate surface area is 106 Å². The van der Waals surface area contributed by atoms with E-state index >= 15 is 0 Å². The molecule has 0 spiro atoms. The van der Waals surface area contributed by atoms with E-state index in [1.54, 1.807) is 0 Å². The molecule has 5 nitrogen and oxygen atoms in total. The summed E-state index contributed by atoms with van der Waals surface area (Å²) in [7, 11) is 0. The molecule has 1 aliphatic heterocycles. The Morgan fingerprint density at radius 2 is 1.94 bits per heavy atom. The molecule has 1 saturated heterocycles. The van der Waals surface area contributed by atoms with Crippen LogP contribution >= 0.6 is 0 Å². The van der Waals surface area contributed by atoms with Gasteiger partial charge in [-0.3, -0.25) is 4.79 Å². The van der Waals surface area contributed by atoms with Crippen molar-refractivity contribution in [2.24, 2.45) is 5.73 Å². The number of hydrogen-bond donors (Lipinski definition) is 2. The Morgan fingerprint density at radius 1 is 1.33 bits per heavy atom. The summed E-state index contributed by atoms with van der Waals surface area (Å²) in [6.45, 7) is 3.34. The summed E-state index contributed by atoms with van der Waals surface area (Å²) < 4.78 is 5.30. The van der Waals surface area contributed by atoms with Crippen LogP contribution in [0, 0.1) is 0 Å². The Balaban J connectivity index is 2.11. The predicted molar refractivity (Wildman–Crippen MR) is 68.9 cm³/mol. The van der Waals surface area contributed by atoms with Gasteiger partial charge in [0, 0.05) is 25.3 Å². The van der Waals surface area contributed by atoms with Gasteiger partial charge in [0.15, 0.2) is 0 Å². The van der Waals surface area contributed by atoms with Crippen LogP contribution in [0.4, 0.5) is 5.69 Å². The van der Waals surface area contributed by atoms with E-state index in [4.69, 9.17) is 15.6 Å². The van der Waals surface area contributed by atoms with E-state index < -0.39 is 11.9 Å². The second-order valence-electron chi connectivity index (χ2n) is 4.32. The van der Waals surface area contributed by atoms with Gasteiger partial charge in [0.2, 0.25) is 0 Å². The highest BCUT2D eigenvalue weighted by Gasteiger charge is 2.18. The van der Waals surface area contributed by atoms with E-state index in [0.29, 0.717) is 0 Å². The second kappa shape index (κ2) is 5.84. The maximum absolute atomic E-state index is 11.0. The Morgan fingerprint density at radius 3 is 2.44 bits per heavy atom. The number of nitrogens with zero attached hydrogens (tertiary/aromatic N) is 1. The van der Waals surface area contributed by atoms with Gasteiger partial charge in [0.25, 0.3) is 0 Å². The fraction of sp³-hybridized carbons (Fsp3) is 0.462. The molecule has 5 heteroatoms. The van der Waals surface area contributed by atoms with E-state index in [1.165, 1.54) is 0 Å². The fourth-order valence-corrected chi connectivity index (χ4v) is 2.12. The molecule has 18 heavy (non-hydrogen) atoms. The summed E-state index contributed by atoms with van der Waals surface area (Å²) in [5.41, 5.74) is 7.33. The van der Waals surface area contributed by atoms with Crippen molar-refractivity contribution < 1.29 is 14.6 Å². The minimum Gasteiger partial charge on any atom is -0.481 e.